The van der Waals surface area contributed by atoms with Gasteiger partial charge in [-0.1, -0.05) is 24.8 Å². The molecular formula is C13H16O4. The zero-order valence-electron chi connectivity index (χ0n) is 9.76. The number of benzene rings is 1. The SMILES string of the molecule is C=C(C(=O)O)C(CCOc1ccccc1)OC. The van der Waals surface area contributed by atoms with Crippen molar-refractivity contribution in [3.05, 3.63) is 42.5 Å². The summed E-state index contributed by atoms with van der Waals surface area (Å²) in [5.41, 5.74) is 0.0455. The van der Waals surface area contributed by atoms with Gasteiger partial charge in [0.15, 0.2) is 0 Å². The first-order valence-corrected chi connectivity index (χ1v) is 5.28. The van der Waals surface area contributed by atoms with Crippen LogP contribution in [0.5, 0.6) is 5.75 Å². The van der Waals surface area contributed by atoms with Gasteiger partial charge < -0.3 is 14.6 Å². The maximum atomic E-state index is 10.7. The molecule has 17 heavy (non-hydrogen) atoms. The largest absolute Gasteiger partial charge is 0.493 e. The van der Waals surface area contributed by atoms with Gasteiger partial charge in [0.25, 0.3) is 0 Å². The van der Waals surface area contributed by atoms with E-state index in [1.165, 1.54) is 7.11 Å². The maximum absolute atomic E-state index is 10.7. The van der Waals surface area contributed by atoms with E-state index < -0.39 is 12.1 Å². The second-order valence-electron chi connectivity index (χ2n) is 3.50. The monoisotopic (exact) mass is 236 g/mol. The normalized spacial score (nSPS) is 11.8. The standard InChI is InChI=1S/C13H16O4/c1-10(13(14)15)12(16-2)8-9-17-11-6-4-3-5-7-11/h3-7,12H,1,8-9H2,2H3,(H,14,15). The fraction of sp³-hybridized carbons (Fsp3) is 0.308. The van der Waals surface area contributed by atoms with Crippen LogP contribution in [0, 0.1) is 0 Å². The van der Waals surface area contributed by atoms with Gasteiger partial charge in [0.1, 0.15) is 5.75 Å². The number of hydrogen-bond donors (Lipinski definition) is 1. The minimum Gasteiger partial charge on any atom is -0.493 e. The van der Waals surface area contributed by atoms with Crippen molar-refractivity contribution in [3.63, 3.8) is 0 Å². The summed E-state index contributed by atoms with van der Waals surface area (Å²) in [6.07, 6.45) is -0.0625. The topological polar surface area (TPSA) is 55.8 Å². The highest BCUT2D eigenvalue weighted by atomic mass is 16.5. The van der Waals surface area contributed by atoms with Gasteiger partial charge in [0.2, 0.25) is 0 Å². The Morgan fingerprint density at radius 3 is 2.59 bits per heavy atom. The smallest absolute Gasteiger partial charge is 0.333 e. The lowest BCUT2D eigenvalue weighted by Gasteiger charge is -2.15. The van der Waals surface area contributed by atoms with Crippen LogP contribution < -0.4 is 4.74 Å². The van der Waals surface area contributed by atoms with Crippen molar-refractivity contribution in [2.75, 3.05) is 13.7 Å². The molecule has 4 heteroatoms. The van der Waals surface area contributed by atoms with E-state index in [4.69, 9.17) is 14.6 Å². The molecule has 1 atom stereocenters. The van der Waals surface area contributed by atoms with E-state index in [2.05, 4.69) is 6.58 Å². The van der Waals surface area contributed by atoms with Gasteiger partial charge in [-0.05, 0) is 12.1 Å². The number of carboxylic acid groups (broad SMARTS) is 1. The van der Waals surface area contributed by atoms with E-state index >= 15 is 0 Å². The molecule has 0 fully saturated rings. The molecule has 0 heterocycles. The van der Waals surface area contributed by atoms with E-state index in [0.29, 0.717) is 13.0 Å². The van der Waals surface area contributed by atoms with Gasteiger partial charge in [-0.2, -0.15) is 0 Å². The van der Waals surface area contributed by atoms with Crippen molar-refractivity contribution >= 4 is 5.97 Å². The summed E-state index contributed by atoms with van der Waals surface area (Å²) in [6, 6.07) is 9.33. The molecule has 92 valence electrons. The molecule has 1 rings (SSSR count). The van der Waals surface area contributed by atoms with Gasteiger partial charge in [-0.15, -0.1) is 0 Å². The van der Waals surface area contributed by atoms with Crippen LogP contribution in [0.1, 0.15) is 6.42 Å². The van der Waals surface area contributed by atoms with Crippen LogP contribution in [0.4, 0.5) is 0 Å². The van der Waals surface area contributed by atoms with Gasteiger partial charge in [0, 0.05) is 13.5 Å². The van der Waals surface area contributed by atoms with Crippen LogP contribution in [-0.4, -0.2) is 30.9 Å². The third-order valence-corrected chi connectivity index (χ3v) is 2.34. The lowest BCUT2D eigenvalue weighted by molar-refractivity contribution is -0.134. The molecule has 0 saturated carbocycles. The Kier molecular flexibility index (Phi) is 5.23. The van der Waals surface area contributed by atoms with Gasteiger partial charge in [-0.25, -0.2) is 4.79 Å². The summed E-state index contributed by atoms with van der Waals surface area (Å²) >= 11 is 0. The van der Waals surface area contributed by atoms with Crippen molar-refractivity contribution < 1.29 is 19.4 Å². The Balaban J connectivity index is 2.39. The molecule has 0 spiro atoms. The molecule has 1 N–H and O–H groups in total. The highest BCUT2D eigenvalue weighted by molar-refractivity contribution is 5.86. The van der Waals surface area contributed by atoms with Crippen LogP contribution in [0.2, 0.25) is 0 Å². The van der Waals surface area contributed by atoms with E-state index in [1.54, 1.807) is 0 Å². The zero-order valence-corrected chi connectivity index (χ0v) is 9.76. The summed E-state index contributed by atoms with van der Waals surface area (Å²) in [7, 11) is 1.46. The lowest BCUT2D eigenvalue weighted by atomic mass is 10.1. The molecule has 1 aromatic rings. The Bertz CT molecular complexity index is 372. The van der Waals surface area contributed by atoms with Crippen molar-refractivity contribution in [1.29, 1.82) is 0 Å². The third kappa shape index (κ3) is 4.28. The first kappa shape index (κ1) is 13.3. The summed E-state index contributed by atoms with van der Waals surface area (Å²) in [4.78, 5) is 10.7. The number of carbonyl (C=O) groups is 1. The molecule has 0 radical (unpaired) electrons. The Morgan fingerprint density at radius 1 is 1.41 bits per heavy atom. The van der Waals surface area contributed by atoms with Crippen LogP contribution in [0.25, 0.3) is 0 Å². The number of aliphatic carboxylic acids is 1. The third-order valence-electron chi connectivity index (χ3n) is 2.34. The number of para-hydroxylation sites is 1. The second-order valence-corrected chi connectivity index (χ2v) is 3.50. The number of carboxylic acids is 1. The molecule has 0 aliphatic carbocycles. The van der Waals surface area contributed by atoms with Gasteiger partial charge >= 0.3 is 5.97 Å². The fourth-order valence-electron chi connectivity index (χ4n) is 1.37. The first-order chi connectivity index (χ1) is 8.15. The number of ether oxygens (including phenoxy) is 2. The van der Waals surface area contributed by atoms with E-state index in [0.717, 1.165) is 5.75 Å². The van der Waals surface area contributed by atoms with E-state index in [1.807, 2.05) is 30.3 Å². The highest BCUT2D eigenvalue weighted by Gasteiger charge is 2.17. The molecule has 0 saturated heterocycles. The Hall–Kier alpha value is -1.81. The van der Waals surface area contributed by atoms with Gasteiger partial charge in [-0.3, -0.25) is 0 Å². The molecule has 1 unspecified atom stereocenters. The molecule has 0 amide bonds. The minimum absolute atomic E-state index is 0.0455. The van der Waals surface area contributed by atoms with Gasteiger partial charge in [0.05, 0.1) is 18.3 Å². The summed E-state index contributed by atoms with van der Waals surface area (Å²) in [5, 5.41) is 8.78. The number of methoxy groups -OCH3 is 1. The van der Waals surface area contributed by atoms with Crippen LogP contribution in [0.3, 0.4) is 0 Å². The second kappa shape index (κ2) is 6.70. The maximum Gasteiger partial charge on any atom is 0.333 e. The lowest BCUT2D eigenvalue weighted by Crippen LogP contribution is -2.21. The van der Waals surface area contributed by atoms with Crippen molar-refractivity contribution in [2.45, 2.75) is 12.5 Å². The highest BCUT2D eigenvalue weighted by Crippen LogP contribution is 2.12. The minimum atomic E-state index is -1.04. The van der Waals surface area contributed by atoms with Crippen LogP contribution in [-0.2, 0) is 9.53 Å². The number of hydrogen-bond acceptors (Lipinski definition) is 3. The van der Waals surface area contributed by atoms with Crippen LogP contribution >= 0.6 is 0 Å². The number of rotatable bonds is 7. The molecule has 0 bridgehead atoms. The zero-order chi connectivity index (χ0) is 12.7. The molecule has 0 aromatic heterocycles. The first-order valence-electron chi connectivity index (χ1n) is 5.28. The quantitative estimate of drug-likeness (QED) is 0.737. The molecule has 1 aromatic carbocycles. The summed E-state index contributed by atoms with van der Waals surface area (Å²) < 4.78 is 10.5. The molecule has 4 nitrogen and oxygen atoms in total. The van der Waals surface area contributed by atoms with Crippen LogP contribution in [0.15, 0.2) is 42.5 Å². The van der Waals surface area contributed by atoms with Crippen molar-refractivity contribution in [3.8, 4) is 5.75 Å². The molecule has 0 aliphatic rings. The Morgan fingerprint density at radius 2 is 2.06 bits per heavy atom. The van der Waals surface area contributed by atoms with Crippen molar-refractivity contribution in [1.82, 2.24) is 0 Å². The van der Waals surface area contributed by atoms with E-state index in [9.17, 15) is 4.79 Å². The van der Waals surface area contributed by atoms with Crippen molar-refractivity contribution in [2.24, 2.45) is 0 Å². The predicted octanol–water partition coefficient (Wildman–Crippen LogP) is 2.11. The fourth-order valence-corrected chi connectivity index (χ4v) is 1.37. The average molecular weight is 236 g/mol. The molecule has 0 aliphatic heterocycles. The summed E-state index contributed by atoms with van der Waals surface area (Å²) in [5.74, 6) is -0.292. The van der Waals surface area contributed by atoms with E-state index in [-0.39, 0.29) is 5.57 Å². The summed E-state index contributed by atoms with van der Waals surface area (Å²) in [6.45, 7) is 3.85. The molecular weight excluding hydrogens is 220 g/mol. The Labute approximate surface area is 100 Å². The predicted molar refractivity (Wildman–Crippen MR) is 64.1 cm³/mol. The average Bonchev–Trinajstić information content (AvgIpc) is 2.35.